The predicted octanol–water partition coefficient (Wildman–Crippen LogP) is 5.53. The van der Waals surface area contributed by atoms with Gasteiger partial charge in [-0.1, -0.05) is 24.8 Å². The molecule has 0 N–H and O–H groups in total. The number of hydrogen-bond donors (Lipinski definition) is 0. The average Bonchev–Trinajstić information content (AvgIpc) is 3.00. The normalized spacial score (nSPS) is 43.4. The molecule has 0 aromatic carbocycles. The maximum atomic E-state index is 11.8. The second-order valence-electron chi connectivity index (χ2n) is 8.43. The molecule has 23 heavy (non-hydrogen) atoms. The van der Waals surface area contributed by atoms with Gasteiger partial charge in [-0.3, -0.25) is 4.79 Å². The Morgan fingerprint density at radius 3 is 2.87 bits per heavy atom. The number of hydrogen-bond acceptors (Lipinski definition) is 1. The van der Waals surface area contributed by atoms with E-state index in [4.69, 9.17) is 0 Å². The van der Waals surface area contributed by atoms with Gasteiger partial charge in [-0.25, -0.2) is 0 Å². The summed E-state index contributed by atoms with van der Waals surface area (Å²) in [7, 11) is 0. The number of halogens is 1. The van der Waals surface area contributed by atoms with E-state index in [0.29, 0.717) is 17.1 Å². The van der Waals surface area contributed by atoms with Crippen molar-refractivity contribution in [2.75, 3.05) is 0 Å². The molecule has 1 unspecified atom stereocenters. The van der Waals surface area contributed by atoms with Crippen LogP contribution in [-0.4, -0.2) is 5.78 Å². The summed E-state index contributed by atoms with van der Waals surface area (Å²) in [4.78, 5) is 11.8. The van der Waals surface area contributed by atoms with Crippen molar-refractivity contribution in [3.63, 3.8) is 0 Å². The Labute approximate surface area is 154 Å². The Bertz CT molecular complexity index is 595. The zero-order chi connectivity index (χ0) is 16.0. The van der Waals surface area contributed by atoms with Crippen molar-refractivity contribution in [3.05, 3.63) is 11.6 Å². The fourth-order valence-electron chi connectivity index (χ4n) is 6.87. The second kappa shape index (κ2) is 6.21. The van der Waals surface area contributed by atoms with Gasteiger partial charge in [0.05, 0.1) is 0 Å². The van der Waals surface area contributed by atoms with E-state index in [2.05, 4.69) is 39.4 Å². The first kappa shape index (κ1) is 16.2. The quantitative estimate of drug-likeness (QED) is 0.401. The van der Waals surface area contributed by atoms with Gasteiger partial charge in [-0.15, -0.1) is 0 Å². The van der Waals surface area contributed by atoms with Crippen LogP contribution in [0, 0.1) is 44.9 Å². The SMILES string of the molecule is CC(C#CI)[C@@]12CCC[C@H]1[C@@H]1CCC3=CC(=O)CC[C@@H]3[C@H]1CC2. The average molecular weight is 422 g/mol. The Kier molecular flexibility index (Phi) is 4.37. The Morgan fingerprint density at radius 1 is 1.17 bits per heavy atom. The van der Waals surface area contributed by atoms with Gasteiger partial charge in [0.1, 0.15) is 0 Å². The molecule has 0 amide bonds. The first-order valence-corrected chi connectivity index (χ1v) is 10.6. The van der Waals surface area contributed by atoms with E-state index < -0.39 is 0 Å². The van der Waals surface area contributed by atoms with Crippen LogP contribution in [0.2, 0.25) is 0 Å². The summed E-state index contributed by atoms with van der Waals surface area (Å²) in [5.74, 6) is 7.84. The number of ketones is 1. The van der Waals surface area contributed by atoms with Gasteiger partial charge in [0.15, 0.2) is 5.78 Å². The molecule has 4 aliphatic rings. The van der Waals surface area contributed by atoms with Crippen molar-refractivity contribution in [2.24, 2.45) is 35.0 Å². The molecule has 0 aliphatic heterocycles. The summed E-state index contributed by atoms with van der Waals surface area (Å²) in [6.45, 7) is 2.39. The molecule has 3 fully saturated rings. The molecule has 4 rings (SSSR count). The fourth-order valence-corrected chi connectivity index (χ4v) is 7.33. The smallest absolute Gasteiger partial charge is 0.155 e. The zero-order valence-corrected chi connectivity index (χ0v) is 16.3. The van der Waals surface area contributed by atoms with E-state index in [1.54, 1.807) is 0 Å². The summed E-state index contributed by atoms with van der Waals surface area (Å²) in [6.07, 6.45) is 13.5. The summed E-state index contributed by atoms with van der Waals surface area (Å²) < 4.78 is 3.17. The molecule has 124 valence electrons. The highest BCUT2D eigenvalue weighted by Crippen LogP contribution is 2.64. The van der Waals surface area contributed by atoms with E-state index in [0.717, 1.165) is 36.5 Å². The molecule has 0 spiro atoms. The molecule has 0 saturated heterocycles. The number of allylic oxidation sites excluding steroid dienone is 1. The van der Waals surface area contributed by atoms with Crippen LogP contribution >= 0.6 is 22.6 Å². The molecule has 4 aliphatic carbocycles. The molecule has 3 saturated carbocycles. The van der Waals surface area contributed by atoms with Crippen LogP contribution in [-0.2, 0) is 4.79 Å². The van der Waals surface area contributed by atoms with Gasteiger partial charge in [0.25, 0.3) is 0 Å². The first-order chi connectivity index (χ1) is 11.2. The maximum Gasteiger partial charge on any atom is 0.155 e. The topological polar surface area (TPSA) is 17.1 Å². The van der Waals surface area contributed by atoms with Gasteiger partial charge in [0, 0.05) is 34.9 Å². The lowest BCUT2D eigenvalue weighted by Gasteiger charge is -2.55. The van der Waals surface area contributed by atoms with Crippen molar-refractivity contribution in [1.29, 1.82) is 0 Å². The molecule has 1 nitrogen and oxygen atoms in total. The summed E-state index contributed by atoms with van der Waals surface area (Å²) in [5.41, 5.74) is 2.01. The minimum Gasteiger partial charge on any atom is -0.295 e. The summed E-state index contributed by atoms with van der Waals surface area (Å²) in [5, 5.41) is 0. The van der Waals surface area contributed by atoms with Crippen molar-refractivity contribution in [3.8, 4) is 9.85 Å². The van der Waals surface area contributed by atoms with E-state index in [1.165, 1.54) is 50.5 Å². The zero-order valence-electron chi connectivity index (χ0n) is 14.1. The highest BCUT2D eigenvalue weighted by Gasteiger charge is 2.56. The molecule has 0 aromatic heterocycles. The van der Waals surface area contributed by atoms with Crippen molar-refractivity contribution < 1.29 is 4.79 Å². The van der Waals surface area contributed by atoms with Crippen LogP contribution in [0.1, 0.15) is 64.7 Å². The first-order valence-electron chi connectivity index (χ1n) is 9.50. The molecule has 0 aromatic rings. The third-order valence-electron chi connectivity index (χ3n) is 7.85. The Hall–Kier alpha value is -0.300. The number of carbonyl (C=O) groups is 1. The van der Waals surface area contributed by atoms with E-state index in [9.17, 15) is 4.79 Å². The van der Waals surface area contributed by atoms with Gasteiger partial charge in [0.2, 0.25) is 0 Å². The van der Waals surface area contributed by atoms with Crippen molar-refractivity contribution in [2.45, 2.75) is 64.7 Å². The highest BCUT2D eigenvalue weighted by molar-refractivity contribution is 14.1. The van der Waals surface area contributed by atoms with Gasteiger partial charge in [-0.05, 0) is 84.0 Å². The predicted molar refractivity (Wildman–Crippen MR) is 102 cm³/mol. The molecule has 0 radical (unpaired) electrons. The molecular weight excluding hydrogens is 395 g/mol. The molecule has 6 atom stereocenters. The minimum absolute atomic E-state index is 0.381. The van der Waals surface area contributed by atoms with Crippen LogP contribution in [0.3, 0.4) is 0 Å². The third kappa shape index (κ3) is 2.53. The van der Waals surface area contributed by atoms with Crippen LogP contribution in [0.4, 0.5) is 0 Å². The van der Waals surface area contributed by atoms with Gasteiger partial charge in [-0.2, -0.15) is 0 Å². The van der Waals surface area contributed by atoms with E-state index in [1.807, 2.05) is 6.08 Å². The van der Waals surface area contributed by atoms with E-state index in [-0.39, 0.29) is 0 Å². The Morgan fingerprint density at radius 2 is 2.04 bits per heavy atom. The monoisotopic (exact) mass is 422 g/mol. The van der Waals surface area contributed by atoms with Gasteiger partial charge < -0.3 is 0 Å². The lowest BCUT2D eigenvalue weighted by molar-refractivity contribution is -0.116. The van der Waals surface area contributed by atoms with E-state index >= 15 is 0 Å². The van der Waals surface area contributed by atoms with Crippen LogP contribution in [0.15, 0.2) is 11.6 Å². The molecule has 0 bridgehead atoms. The largest absolute Gasteiger partial charge is 0.295 e. The molecule has 2 heteroatoms. The third-order valence-corrected chi connectivity index (χ3v) is 8.16. The Balaban J connectivity index is 1.63. The lowest BCUT2D eigenvalue weighted by Crippen LogP contribution is -2.47. The number of fused-ring (bicyclic) bond motifs is 5. The molecule has 0 heterocycles. The summed E-state index contributed by atoms with van der Waals surface area (Å²) >= 11 is 2.21. The maximum absolute atomic E-state index is 11.8. The standard InChI is InChI=1S/C21H27IO/c1-14(9-12-22)21-10-2-3-20(21)19-6-4-15-13-16(23)5-7-17(15)18(19)8-11-21/h13-14,17-20H,2-8,10-11H2,1H3/t14?,17-,18+,19+,20-,21-/m0/s1. The minimum atomic E-state index is 0.381. The van der Waals surface area contributed by atoms with Crippen molar-refractivity contribution in [1.82, 2.24) is 0 Å². The fraction of sp³-hybridized carbons (Fsp3) is 0.762. The second-order valence-corrected chi connectivity index (χ2v) is 8.97. The van der Waals surface area contributed by atoms with Crippen molar-refractivity contribution >= 4 is 28.4 Å². The lowest BCUT2D eigenvalue weighted by atomic mass is 9.50. The highest BCUT2D eigenvalue weighted by atomic mass is 127. The van der Waals surface area contributed by atoms with Crippen LogP contribution in [0.25, 0.3) is 0 Å². The number of rotatable bonds is 1. The van der Waals surface area contributed by atoms with Gasteiger partial charge >= 0.3 is 0 Å². The molecular formula is C21H27IO. The number of carbonyl (C=O) groups excluding carboxylic acids is 1. The van der Waals surface area contributed by atoms with Crippen LogP contribution in [0.5, 0.6) is 0 Å². The van der Waals surface area contributed by atoms with Crippen LogP contribution < -0.4 is 0 Å². The summed E-state index contributed by atoms with van der Waals surface area (Å²) in [6, 6.07) is 0.